The summed E-state index contributed by atoms with van der Waals surface area (Å²) in [6.45, 7) is 14.4. The summed E-state index contributed by atoms with van der Waals surface area (Å²) in [5.41, 5.74) is 1.18. The number of thiazole rings is 1. The van der Waals surface area contributed by atoms with E-state index in [0.29, 0.717) is 6.04 Å². The zero-order valence-electron chi connectivity index (χ0n) is 12.6. The molecule has 1 N–H and O–H groups in total. The number of aryl methyl sites for hydroxylation is 1. The number of ether oxygens (including phenoxy) is 1. The molecule has 19 heavy (non-hydrogen) atoms. The zero-order chi connectivity index (χ0) is 14.0. The first-order chi connectivity index (χ1) is 8.95. The number of aromatic nitrogens is 1. The summed E-state index contributed by atoms with van der Waals surface area (Å²) >= 11 is 1.81. The minimum atomic E-state index is 0.0290. The van der Waals surface area contributed by atoms with Crippen LogP contribution in [0.25, 0.3) is 0 Å². The maximum atomic E-state index is 5.58. The normalized spacial score (nSPS) is 20.6. The van der Waals surface area contributed by atoms with Crippen molar-refractivity contribution in [2.75, 3.05) is 31.2 Å². The number of nitrogens with one attached hydrogen (secondary N) is 1. The van der Waals surface area contributed by atoms with E-state index >= 15 is 0 Å². The second-order valence-corrected chi connectivity index (χ2v) is 6.75. The van der Waals surface area contributed by atoms with Gasteiger partial charge >= 0.3 is 0 Å². The molecule has 4 nitrogen and oxygen atoms in total. The molecule has 1 aliphatic heterocycles. The summed E-state index contributed by atoms with van der Waals surface area (Å²) in [7, 11) is 0. The predicted octanol–water partition coefficient (Wildman–Crippen LogP) is 2.74. The van der Waals surface area contributed by atoms with E-state index in [9.17, 15) is 0 Å². The Labute approximate surface area is 120 Å². The van der Waals surface area contributed by atoms with Gasteiger partial charge in [-0.15, -0.1) is 0 Å². The van der Waals surface area contributed by atoms with Crippen LogP contribution < -0.4 is 10.2 Å². The molecule has 0 aliphatic carbocycles. The van der Waals surface area contributed by atoms with E-state index in [4.69, 9.17) is 9.72 Å². The first-order valence-electron chi connectivity index (χ1n) is 7.02. The van der Waals surface area contributed by atoms with Gasteiger partial charge in [-0.2, -0.15) is 0 Å². The van der Waals surface area contributed by atoms with E-state index in [-0.39, 0.29) is 5.54 Å². The lowest BCUT2D eigenvalue weighted by Gasteiger charge is -2.42. The fraction of sp³-hybridized carbons (Fsp3) is 0.786. The van der Waals surface area contributed by atoms with Gasteiger partial charge in [0.1, 0.15) is 0 Å². The van der Waals surface area contributed by atoms with E-state index in [2.05, 4.69) is 44.8 Å². The van der Waals surface area contributed by atoms with Crippen molar-refractivity contribution in [2.45, 2.75) is 46.2 Å². The Bertz CT molecular complexity index is 430. The van der Waals surface area contributed by atoms with Crippen molar-refractivity contribution >= 4 is 16.5 Å². The maximum absolute atomic E-state index is 5.58. The summed E-state index contributed by atoms with van der Waals surface area (Å²) in [4.78, 5) is 8.51. The minimum Gasteiger partial charge on any atom is -0.377 e. The van der Waals surface area contributed by atoms with Gasteiger partial charge in [-0.3, -0.25) is 0 Å². The fourth-order valence-corrected chi connectivity index (χ4v) is 3.80. The van der Waals surface area contributed by atoms with E-state index in [0.717, 1.165) is 37.1 Å². The first-order valence-corrected chi connectivity index (χ1v) is 7.83. The Morgan fingerprint density at radius 3 is 2.89 bits per heavy atom. The van der Waals surface area contributed by atoms with Gasteiger partial charge in [0.2, 0.25) is 0 Å². The average molecular weight is 283 g/mol. The van der Waals surface area contributed by atoms with E-state index in [1.54, 1.807) is 0 Å². The molecule has 0 spiro atoms. The summed E-state index contributed by atoms with van der Waals surface area (Å²) < 4.78 is 5.58. The van der Waals surface area contributed by atoms with Gasteiger partial charge in [0.25, 0.3) is 0 Å². The number of nitrogens with zero attached hydrogens (tertiary/aromatic N) is 2. The Hall–Kier alpha value is -0.650. The second-order valence-electron chi connectivity index (χ2n) is 5.74. The van der Waals surface area contributed by atoms with Gasteiger partial charge in [-0.1, -0.05) is 18.3 Å². The number of morpholine rings is 1. The molecule has 1 unspecified atom stereocenters. The molecule has 2 heterocycles. The van der Waals surface area contributed by atoms with E-state index in [1.807, 2.05) is 11.3 Å². The topological polar surface area (TPSA) is 37.4 Å². The van der Waals surface area contributed by atoms with Gasteiger partial charge in [0, 0.05) is 17.5 Å². The highest BCUT2D eigenvalue weighted by molar-refractivity contribution is 7.15. The molecule has 2 rings (SSSR count). The van der Waals surface area contributed by atoms with Crippen LogP contribution in [0.5, 0.6) is 0 Å². The van der Waals surface area contributed by atoms with Crippen LogP contribution in [0.1, 0.15) is 44.3 Å². The van der Waals surface area contributed by atoms with Crippen molar-refractivity contribution in [3.05, 3.63) is 10.6 Å². The molecule has 0 saturated carbocycles. The largest absolute Gasteiger partial charge is 0.377 e. The number of rotatable bonds is 4. The van der Waals surface area contributed by atoms with Gasteiger partial charge in [0.15, 0.2) is 5.13 Å². The number of hydrogen-bond donors (Lipinski definition) is 1. The van der Waals surface area contributed by atoms with Crippen LogP contribution >= 0.6 is 11.3 Å². The van der Waals surface area contributed by atoms with Crippen molar-refractivity contribution in [1.82, 2.24) is 10.3 Å². The van der Waals surface area contributed by atoms with Crippen LogP contribution in [0.2, 0.25) is 0 Å². The van der Waals surface area contributed by atoms with Crippen molar-refractivity contribution in [3.8, 4) is 0 Å². The lowest BCUT2D eigenvalue weighted by molar-refractivity contribution is 0.0643. The highest BCUT2D eigenvalue weighted by Crippen LogP contribution is 2.35. The molecular weight excluding hydrogens is 258 g/mol. The molecule has 0 bridgehead atoms. The molecular formula is C14H25N3OS. The van der Waals surface area contributed by atoms with Crippen molar-refractivity contribution in [1.29, 1.82) is 0 Å². The average Bonchev–Trinajstić information content (AvgIpc) is 2.71. The van der Waals surface area contributed by atoms with Gasteiger partial charge in [-0.25, -0.2) is 4.98 Å². The maximum Gasteiger partial charge on any atom is 0.186 e. The third-order valence-electron chi connectivity index (χ3n) is 3.60. The molecule has 1 atom stereocenters. The van der Waals surface area contributed by atoms with Gasteiger partial charge < -0.3 is 15.0 Å². The molecule has 1 fully saturated rings. The van der Waals surface area contributed by atoms with Gasteiger partial charge in [0.05, 0.1) is 24.4 Å². The van der Waals surface area contributed by atoms with E-state index in [1.165, 1.54) is 4.88 Å². The van der Waals surface area contributed by atoms with E-state index < -0.39 is 0 Å². The lowest BCUT2D eigenvalue weighted by atomic mass is 10.0. The quantitative estimate of drug-likeness (QED) is 0.922. The smallest absolute Gasteiger partial charge is 0.186 e. The highest BCUT2D eigenvalue weighted by Gasteiger charge is 2.33. The Balaban J connectivity index is 2.23. The van der Waals surface area contributed by atoms with Gasteiger partial charge in [-0.05, 0) is 34.2 Å². The molecule has 1 aromatic rings. The molecule has 0 aromatic carbocycles. The SMILES string of the molecule is CCNC(C)c1sc(N2CCOCC2(C)C)nc1C. The summed E-state index contributed by atoms with van der Waals surface area (Å²) in [6, 6.07) is 0.375. The predicted molar refractivity (Wildman–Crippen MR) is 81.2 cm³/mol. The minimum absolute atomic E-state index is 0.0290. The summed E-state index contributed by atoms with van der Waals surface area (Å²) in [5.74, 6) is 0. The molecule has 1 aliphatic rings. The van der Waals surface area contributed by atoms with Crippen LogP contribution in [0.3, 0.4) is 0 Å². The molecule has 0 radical (unpaired) electrons. The third kappa shape index (κ3) is 3.09. The highest BCUT2D eigenvalue weighted by atomic mass is 32.1. The lowest BCUT2D eigenvalue weighted by Crippen LogP contribution is -2.53. The van der Waals surface area contributed by atoms with Crippen LogP contribution in [0.4, 0.5) is 5.13 Å². The van der Waals surface area contributed by atoms with Crippen molar-refractivity contribution in [3.63, 3.8) is 0 Å². The molecule has 5 heteroatoms. The van der Waals surface area contributed by atoms with Crippen molar-refractivity contribution < 1.29 is 4.74 Å². The Kier molecular flexibility index (Phi) is 4.48. The second kappa shape index (κ2) is 5.77. The standard InChI is InChI=1S/C14H25N3OS/c1-6-15-10(2)12-11(3)16-13(19-12)17-7-8-18-9-14(17,4)5/h10,15H,6-9H2,1-5H3. The molecule has 0 amide bonds. The summed E-state index contributed by atoms with van der Waals surface area (Å²) in [5, 5.41) is 4.60. The molecule has 1 saturated heterocycles. The first kappa shape index (κ1) is 14.8. The van der Waals surface area contributed by atoms with Crippen molar-refractivity contribution in [2.24, 2.45) is 0 Å². The zero-order valence-corrected chi connectivity index (χ0v) is 13.4. The molecule has 1 aromatic heterocycles. The fourth-order valence-electron chi connectivity index (χ4n) is 2.52. The van der Waals surface area contributed by atoms with Crippen LogP contribution in [0, 0.1) is 6.92 Å². The number of anilines is 1. The van der Waals surface area contributed by atoms with Crippen LogP contribution in [-0.2, 0) is 4.74 Å². The molecule has 108 valence electrons. The van der Waals surface area contributed by atoms with Crippen LogP contribution in [0.15, 0.2) is 0 Å². The third-order valence-corrected chi connectivity index (χ3v) is 4.96. The monoisotopic (exact) mass is 283 g/mol. The van der Waals surface area contributed by atoms with Crippen LogP contribution in [-0.4, -0.2) is 36.8 Å². The Morgan fingerprint density at radius 1 is 1.53 bits per heavy atom. The number of hydrogen-bond acceptors (Lipinski definition) is 5. The summed E-state index contributed by atoms with van der Waals surface area (Å²) in [6.07, 6.45) is 0. The Morgan fingerprint density at radius 2 is 2.26 bits per heavy atom.